The molecular formula is C8H11NOS. The lowest BCUT2D eigenvalue weighted by atomic mass is 10.5. The summed E-state index contributed by atoms with van der Waals surface area (Å²) in [6.45, 7) is 2.11. The number of hydrogen-bond acceptors (Lipinski definition) is 3. The SMILES string of the molecule is CCSc1ccc(OC)cn1. The molecule has 0 bridgehead atoms. The molecule has 1 aromatic heterocycles. The average molecular weight is 169 g/mol. The maximum Gasteiger partial charge on any atom is 0.137 e. The molecule has 0 fully saturated rings. The fourth-order valence-corrected chi connectivity index (χ4v) is 1.31. The van der Waals surface area contributed by atoms with E-state index in [-0.39, 0.29) is 0 Å². The van der Waals surface area contributed by atoms with Gasteiger partial charge in [0.1, 0.15) is 5.75 Å². The Morgan fingerprint density at radius 2 is 2.36 bits per heavy atom. The second kappa shape index (κ2) is 4.23. The molecule has 0 atom stereocenters. The molecule has 0 saturated heterocycles. The van der Waals surface area contributed by atoms with Gasteiger partial charge in [0, 0.05) is 0 Å². The van der Waals surface area contributed by atoms with Gasteiger partial charge in [-0.15, -0.1) is 11.8 Å². The van der Waals surface area contributed by atoms with Crippen molar-refractivity contribution in [1.29, 1.82) is 0 Å². The van der Waals surface area contributed by atoms with Crippen LogP contribution in [0.5, 0.6) is 5.75 Å². The Morgan fingerprint density at radius 3 is 2.82 bits per heavy atom. The lowest BCUT2D eigenvalue weighted by Crippen LogP contribution is -1.84. The van der Waals surface area contributed by atoms with Crippen LogP contribution in [0.4, 0.5) is 0 Å². The monoisotopic (exact) mass is 169 g/mol. The zero-order valence-electron chi connectivity index (χ0n) is 6.70. The molecule has 0 unspecified atom stereocenters. The quantitative estimate of drug-likeness (QED) is 0.648. The van der Waals surface area contributed by atoms with Crippen molar-refractivity contribution in [1.82, 2.24) is 4.98 Å². The third-order valence-corrected chi connectivity index (χ3v) is 2.06. The molecular weight excluding hydrogens is 158 g/mol. The Balaban J connectivity index is 2.66. The average Bonchev–Trinajstić information content (AvgIpc) is 2.07. The number of aromatic nitrogens is 1. The van der Waals surface area contributed by atoms with E-state index < -0.39 is 0 Å². The van der Waals surface area contributed by atoms with Crippen LogP contribution in [-0.2, 0) is 0 Å². The highest BCUT2D eigenvalue weighted by Gasteiger charge is 1.93. The van der Waals surface area contributed by atoms with Gasteiger partial charge in [0.25, 0.3) is 0 Å². The summed E-state index contributed by atoms with van der Waals surface area (Å²) in [6, 6.07) is 3.89. The first-order valence-electron chi connectivity index (χ1n) is 3.49. The summed E-state index contributed by atoms with van der Waals surface area (Å²) < 4.78 is 4.98. The van der Waals surface area contributed by atoms with Crippen LogP contribution in [0, 0.1) is 0 Å². The number of pyridine rings is 1. The molecule has 11 heavy (non-hydrogen) atoms. The second-order valence-electron chi connectivity index (χ2n) is 1.97. The van der Waals surface area contributed by atoms with Gasteiger partial charge >= 0.3 is 0 Å². The molecule has 0 radical (unpaired) electrons. The first kappa shape index (κ1) is 8.40. The van der Waals surface area contributed by atoms with E-state index in [2.05, 4.69) is 11.9 Å². The zero-order valence-corrected chi connectivity index (χ0v) is 7.52. The third kappa shape index (κ3) is 2.42. The van der Waals surface area contributed by atoms with E-state index in [0.717, 1.165) is 16.5 Å². The number of rotatable bonds is 3. The molecule has 60 valence electrons. The van der Waals surface area contributed by atoms with Crippen molar-refractivity contribution >= 4 is 11.8 Å². The van der Waals surface area contributed by atoms with Crippen molar-refractivity contribution in [2.75, 3.05) is 12.9 Å². The van der Waals surface area contributed by atoms with Crippen LogP contribution in [0.3, 0.4) is 0 Å². The Labute approximate surface area is 71.0 Å². The summed E-state index contributed by atoms with van der Waals surface area (Å²) in [5.74, 6) is 1.87. The molecule has 0 aliphatic carbocycles. The summed E-state index contributed by atoms with van der Waals surface area (Å²) >= 11 is 1.73. The smallest absolute Gasteiger partial charge is 0.137 e. The normalized spacial score (nSPS) is 9.64. The standard InChI is InChI=1S/C8H11NOS/c1-3-11-8-5-4-7(10-2)6-9-8/h4-6H,3H2,1-2H3. The number of thioether (sulfide) groups is 1. The molecule has 0 amide bonds. The maximum absolute atomic E-state index is 4.98. The second-order valence-corrected chi connectivity index (χ2v) is 3.25. The van der Waals surface area contributed by atoms with Crippen molar-refractivity contribution in [2.45, 2.75) is 11.9 Å². The van der Waals surface area contributed by atoms with E-state index in [1.807, 2.05) is 12.1 Å². The van der Waals surface area contributed by atoms with Gasteiger partial charge in [0.2, 0.25) is 0 Å². The fraction of sp³-hybridized carbons (Fsp3) is 0.375. The highest BCUT2D eigenvalue weighted by molar-refractivity contribution is 7.99. The Kier molecular flexibility index (Phi) is 3.23. The maximum atomic E-state index is 4.98. The van der Waals surface area contributed by atoms with E-state index in [0.29, 0.717) is 0 Å². The van der Waals surface area contributed by atoms with Crippen LogP contribution in [0.1, 0.15) is 6.92 Å². The number of hydrogen-bond donors (Lipinski definition) is 0. The van der Waals surface area contributed by atoms with E-state index >= 15 is 0 Å². The summed E-state index contributed by atoms with van der Waals surface area (Å²) in [4.78, 5) is 4.18. The number of methoxy groups -OCH3 is 1. The van der Waals surface area contributed by atoms with E-state index in [1.54, 1.807) is 25.1 Å². The highest BCUT2D eigenvalue weighted by Crippen LogP contribution is 2.16. The predicted molar refractivity (Wildman–Crippen MR) is 47.2 cm³/mol. The lowest BCUT2D eigenvalue weighted by Gasteiger charge is -1.99. The van der Waals surface area contributed by atoms with Gasteiger partial charge < -0.3 is 4.74 Å². The predicted octanol–water partition coefficient (Wildman–Crippen LogP) is 2.20. The highest BCUT2D eigenvalue weighted by atomic mass is 32.2. The van der Waals surface area contributed by atoms with Gasteiger partial charge in [-0.2, -0.15) is 0 Å². The summed E-state index contributed by atoms with van der Waals surface area (Å²) in [5, 5.41) is 1.05. The van der Waals surface area contributed by atoms with Gasteiger partial charge in [-0.1, -0.05) is 6.92 Å². The van der Waals surface area contributed by atoms with Crippen LogP contribution >= 0.6 is 11.8 Å². The minimum absolute atomic E-state index is 0.811. The lowest BCUT2D eigenvalue weighted by molar-refractivity contribution is 0.412. The largest absolute Gasteiger partial charge is 0.495 e. The molecule has 2 nitrogen and oxygen atoms in total. The Hall–Kier alpha value is -0.700. The molecule has 1 rings (SSSR count). The number of nitrogens with zero attached hydrogens (tertiary/aromatic N) is 1. The fourth-order valence-electron chi connectivity index (χ4n) is 0.721. The minimum Gasteiger partial charge on any atom is -0.495 e. The van der Waals surface area contributed by atoms with Crippen molar-refractivity contribution in [3.8, 4) is 5.75 Å². The van der Waals surface area contributed by atoms with Crippen molar-refractivity contribution in [3.05, 3.63) is 18.3 Å². The summed E-state index contributed by atoms with van der Waals surface area (Å²) in [7, 11) is 1.64. The third-order valence-electron chi connectivity index (χ3n) is 1.24. The first-order chi connectivity index (χ1) is 5.36. The van der Waals surface area contributed by atoms with E-state index in [4.69, 9.17) is 4.74 Å². The Bertz CT molecular complexity index is 210. The van der Waals surface area contributed by atoms with Gasteiger partial charge in [-0.3, -0.25) is 0 Å². The van der Waals surface area contributed by atoms with Crippen molar-refractivity contribution in [2.24, 2.45) is 0 Å². The molecule has 1 heterocycles. The van der Waals surface area contributed by atoms with Crippen LogP contribution in [-0.4, -0.2) is 17.8 Å². The molecule has 0 aliphatic rings. The summed E-state index contributed by atoms with van der Waals surface area (Å²) in [5.41, 5.74) is 0. The van der Waals surface area contributed by atoms with Gasteiger partial charge in [-0.05, 0) is 17.9 Å². The summed E-state index contributed by atoms with van der Waals surface area (Å²) in [6.07, 6.45) is 1.73. The molecule has 1 aromatic rings. The van der Waals surface area contributed by atoms with E-state index in [9.17, 15) is 0 Å². The molecule has 0 aromatic carbocycles. The van der Waals surface area contributed by atoms with Crippen LogP contribution in [0.25, 0.3) is 0 Å². The van der Waals surface area contributed by atoms with Crippen molar-refractivity contribution in [3.63, 3.8) is 0 Å². The van der Waals surface area contributed by atoms with Gasteiger partial charge in [0.15, 0.2) is 0 Å². The molecule has 0 spiro atoms. The minimum atomic E-state index is 0.811. The zero-order chi connectivity index (χ0) is 8.10. The van der Waals surface area contributed by atoms with Gasteiger partial charge in [-0.25, -0.2) is 4.98 Å². The molecule has 0 N–H and O–H groups in total. The molecule has 3 heteroatoms. The topological polar surface area (TPSA) is 22.1 Å². The number of ether oxygens (including phenoxy) is 1. The van der Waals surface area contributed by atoms with Gasteiger partial charge in [0.05, 0.1) is 18.3 Å². The van der Waals surface area contributed by atoms with Crippen LogP contribution in [0.2, 0.25) is 0 Å². The van der Waals surface area contributed by atoms with Crippen LogP contribution in [0.15, 0.2) is 23.4 Å². The van der Waals surface area contributed by atoms with Crippen LogP contribution < -0.4 is 4.74 Å². The van der Waals surface area contributed by atoms with Crippen molar-refractivity contribution < 1.29 is 4.74 Å². The molecule has 0 aliphatic heterocycles. The van der Waals surface area contributed by atoms with E-state index in [1.165, 1.54) is 0 Å². The molecule has 0 saturated carbocycles. The first-order valence-corrected chi connectivity index (χ1v) is 4.48. The Morgan fingerprint density at radius 1 is 1.55 bits per heavy atom.